The summed E-state index contributed by atoms with van der Waals surface area (Å²) in [6.45, 7) is 3.73. The third-order valence-corrected chi connectivity index (χ3v) is 1.82. The molecule has 0 saturated heterocycles. The van der Waals surface area contributed by atoms with E-state index in [0.717, 1.165) is 0 Å². The van der Waals surface area contributed by atoms with Gasteiger partial charge >= 0.3 is 0 Å². The van der Waals surface area contributed by atoms with Gasteiger partial charge in [0.1, 0.15) is 5.69 Å². The standard InChI is InChI=1S/C10H14N4O2/c1-6(2)13-10(15)8-4-3-7(5-12-8)9(11)14-16/h3-6,16H,1-2H3,(H2,11,14)(H,13,15). The van der Waals surface area contributed by atoms with Crippen LogP contribution in [0.25, 0.3) is 0 Å². The Bertz CT molecular complexity index is 398. The van der Waals surface area contributed by atoms with Gasteiger partial charge in [-0.2, -0.15) is 0 Å². The van der Waals surface area contributed by atoms with Crippen LogP contribution in [0.5, 0.6) is 0 Å². The Kier molecular flexibility index (Phi) is 3.82. The first kappa shape index (κ1) is 12.0. The van der Waals surface area contributed by atoms with E-state index in [-0.39, 0.29) is 17.8 Å². The third kappa shape index (κ3) is 2.94. The van der Waals surface area contributed by atoms with E-state index in [4.69, 9.17) is 10.9 Å². The lowest BCUT2D eigenvalue weighted by Crippen LogP contribution is -2.30. The molecule has 86 valence electrons. The molecule has 4 N–H and O–H groups in total. The zero-order valence-electron chi connectivity index (χ0n) is 9.14. The zero-order valence-corrected chi connectivity index (χ0v) is 9.14. The summed E-state index contributed by atoms with van der Waals surface area (Å²) in [5, 5.41) is 14.0. The smallest absolute Gasteiger partial charge is 0.270 e. The second-order valence-corrected chi connectivity index (χ2v) is 3.55. The number of carbonyl (C=O) groups is 1. The van der Waals surface area contributed by atoms with Crippen LogP contribution in [0.1, 0.15) is 29.9 Å². The molecule has 6 nitrogen and oxygen atoms in total. The van der Waals surface area contributed by atoms with Crippen LogP contribution in [0.3, 0.4) is 0 Å². The van der Waals surface area contributed by atoms with E-state index in [9.17, 15) is 4.79 Å². The minimum Gasteiger partial charge on any atom is -0.409 e. The number of hydrogen-bond acceptors (Lipinski definition) is 4. The van der Waals surface area contributed by atoms with Gasteiger partial charge in [-0.3, -0.25) is 9.78 Å². The van der Waals surface area contributed by atoms with Gasteiger partial charge in [0, 0.05) is 17.8 Å². The van der Waals surface area contributed by atoms with Gasteiger partial charge in [-0.15, -0.1) is 0 Å². The first-order chi connectivity index (χ1) is 7.54. The van der Waals surface area contributed by atoms with Crippen LogP contribution in [0.4, 0.5) is 0 Å². The largest absolute Gasteiger partial charge is 0.409 e. The van der Waals surface area contributed by atoms with Crippen LogP contribution in [0, 0.1) is 0 Å². The average Bonchev–Trinajstić information content (AvgIpc) is 2.27. The normalized spacial score (nSPS) is 11.6. The molecule has 0 radical (unpaired) electrons. The van der Waals surface area contributed by atoms with Crippen LogP contribution in [-0.2, 0) is 0 Å². The molecule has 1 amide bonds. The predicted molar refractivity (Wildman–Crippen MR) is 59.4 cm³/mol. The van der Waals surface area contributed by atoms with Gasteiger partial charge < -0.3 is 16.3 Å². The van der Waals surface area contributed by atoms with Gasteiger partial charge in [0.05, 0.1) is 0 Å². The highest BCUT2D eigenvalue weighted by Crippen LogP contribution is 2.00. The number of rotatable bonds is 3. The molecule has 0 bridgehead atoms. The molecule has 1 heterocycles. The first-order valence-corrected chi connectivity index (χ1v) is 4.79. The van der Waals surface area contributed by atoms with Crippen molar-refractivity contribution in [1.29, 1.82) is 0 Å². The summed E-state index contributed by atoms with van der Waals surface area (Å²) in [7, 11) is 0. The highest BCUT2D eigenvalue weighted by molar-refractivity contribution is 5.98. The maximum Gasteiger partial charge on any atom is 0.270 e. The molecule has 1 aromatic heterocycles. The van der Waals surface area contributed by atoms with Gasteiger partial charge in [-0.25, -0.2) is 0 Å². The summed E-state index contributed by atoms with van der Waals surface area (Å²) >= 11 is 0. The van der Waals surface area contributed by atoms with Gasteiger partial charge in [-0.05, 0) is 26.0 Å². The van der Waals surface area contributed by atoms with Crippen molar-refractivity contribution in [2.45, 2.75) is 19.9 Å². The Balaban J connectivity index is 2.83. The fourth-order valence-corrected chi connectivity index (χ4v) is 1.07. The van der Waals surface area contributed by atoms with E-state index < -0.39 is 0 Å². The molecule has 16 heavy (non-hydrogen) atoms. The molecule has 0 aromatic carbocycles. The molecular formula is C10H14N4O2. The molecule has 0 aliphatic carbocycles. The van der Waals surface area contributed by atoms with Gasteiger partial charge in [0.15, 0.2) is 5.84 Å². The Morgan fingerprint density at radius 2 is 2.25 bits per heavy atom. The van der Waals surface area contributed by atoms with Crippen molar-refractivity contribution in [3.05, 3.63) is 29.6 Å². The minimum atomic E-state index is -0.249. The number of nitrogens with zero attached hydrogens (tertiary/aromatic N) is 2. The summed E-state index contributed by atoms with van der Waals surface area (Å²) in [5.74, 6) is -0.288. The second kappa shape index (κ2) is 5.11. The van der Waals surface area contributed by atoms with Crippen LogP contribution < -0.4 is 11.1 Å². The van der Waals surface area contributed by atoms with Crippen molar-refractivity contribution in [1.82, 2.24) is 10.3 Å². The van der Waals surface area contributed by atoms with E-state index in [0.29, 0.717) is 11.3 Å². The lowest BCUT2D eigenvalue weighted by Gasteiger charge is -2.07. The maximum atomic E-state index is 11.5. The van der Waals surface area contributed by atoms with Crippen LogP contribution >= 0.6 is 0 Å². The maximum absolute atomic E-state index is 11.5. The quantitative estimate of drug-likeness (QED) is 0.296. The highest BCUT2D eigenvalue weighted by Gasteiger charge is 2.08. The number of oxime groups is 1. The minimum absolute atomic E-state index is 0.0386. The van der Waals surface area contributed by atoms with Crippen molar-refractivity contribution < 1.29 is 10.0 Å². The number of amidine groups is 1. The summed E-state index contributed by atoms with van der Waals surface area (Å²) < 4.78 is 0. The Morgan fingerprint density at radius 3 is 2.69 bits per heavy atom. The Labute approximate surface area is 93.2 Å². The zero-order chi connectivity index (χ0) is 12.1. The van der Waals surface area contributed by atoms with Crippen molar-refractivity contribution in [2.75, 3.05) is 0 Å². The SMILES string of the molecule is CC(C)NC(=O)c1ccc(C(N)=NO)cn1. The van der Waals surface area contributed by atoms with Gasteiger partial charge in [-0.1, -0.05) is 5.16 Å². The van der Waals surface area contributed by atoms with E-state index in [1.165, 1.54) is 12.3 Å². The number of pyridine rings is 1. The molecule has 0 saturated carbocycles. The van der Waals surface area contributed by atoms with Crippen molar-refractivity contribution in [3.8, 4) is 0 Å². The van der Waals surface area contributed by atoms with E-state index in [1.54, 1.807) is 6.07 Å². The number of amides is 1. The van der Waals surface area contributed by atoms with Crippen LogP contribution in [-0.4, -0.2) is 28.0 Å². The first-order valence-electron chi connectivity index (χ1n) is 4.79. The molecule has 1 rings (SSSR count). The molecule has 0 unspecified atom stereocenters. The number of nitrogens with one attached hydrogen (secondary N) is 1. The number of nitrogens with two attached hydrogens (primary N) is 1. The molecule has 0 aliphatic rings. The average molecular weight is 222 g/mol. The summed E-state index contributed by atoms with van der Waals surface area (Å²) in [6.07, 6.45) is 1.38. The molecule has 0 aliphatic heterocycles. The van der Waals surface area contributed by atoms with Crippen molar-refractivity contribution >= 4 is 11.7 Å². The van der Waals surface area contributed by atoms with Gasteiger partial charge in [0.25, 0.3) is 5.91 Å². The fraction of sp³-hybridized carbons (Fsp3) is 0.300. The lowest BCUT2D eigenvalue weighted by molar-refractivity contribution is 0.0938. The molecule has 0 atom stereocenters. The number of carbonyl (C=O) groups excluding carboxylic acids is 1. The fourth-order valence-electron chi connectivity index (χ4n) is 1.07. The summed E-state index contributed by atoms with van der Waals surface area (Å²) in [5.41, 5.74) is 6.12. The number of hydrogen-bond donors (Lipinski definition) is 3. The Morgan fingerprint density at radius 1 is 1.56 bits per heavy atom. The summed E-state index contributed by atoms with van der Waals surface area (Å²) in [4.78, 5) is 15.4. The van der Waals surface area contributed by atoms with Gasteiger partial charge in [0.2, 0.25) is 0 Å². The molecule has 1 aromatic rings. The Hall–Kier alpha value is -2.11. The van der Waals surface area contributed by atoms with Crippen LogP contribution in [0.2, 0.25) is 0 Å². The second-order valence-electron chi connectivity index (χ2n) is 3.55. The lowest BCUT2D eigenvalue weighted by atomic mass is 10.2. The van der Waals surface area contributed by atoms with Crippen molar-refractivity contribution in [3.63, 3.8) is 0 Å². The van der Waals surface area contributed by atoms with Crippen LogP contribution in [0.15, 0.2) is 23.5 Å². The molecule has 0 fully saturated rings. The summed E-state index contributed by atoms with van der Waals surface area (Å²) in [6, 6.07) is 3.14. The topological polar surface area (TPSA) is 101 Å². The monoisotopic (exact) mass is 222 g/mol. The van der Waals surface area contributed by atoms with E-state index >= 15 is 0 Å². The highest BCUT2D eigenvalue weighted by atomic mass is 16.4. The molecule has 0 spiro atoms. The van der Waals surface area contributed by atoms with Crippen molar-refractivity contribution in [2.24, 2.45) is 10.9 Å². The predicted octanol–water partition coefficient (Wildman–Crippen LogP) is 0.314. The van der Waals surface area contributed by atoms with E-state index in [2.05, 4.69) is 15.5 Å². The molecular weight excluding hydrogens is 208 g/mol. The molecule has 6 heteroatoms. The number of aromatic nitrogens is 1. The van der Waals surface area contributed by atoms with E-state index in [1.807, 2.05) is 13.8 Å². The third-order valence-electron chi connectivity index (χ3n) is 1.82.